The van der Waals surface area contributed by atoms with Gasteiger partial charge >= 0.3 is 0 Å². The lowest BCUT2D eigenvalue weighted by Crippen LogP contribution is -2.22. The maximum absolute atomic E-state index is 10.5. The molecule has 0 saturated heterocycles. The molecule has 3 N–H and O–H groups in total. The molecule has 0 aliphatic rings. The molecule has 76 valence electrons. The number of carbonyl (C=O) groups is 1. The van der Waals surface area contributed by atoms with Crippen LogP contribution in [0.1, 0.15) is 12.5 Å². The Bertz CT molecular complexity index is 342. The van der Waals surface area contributed by atoms with Gasteiger partial charge in [0.15, 0.2) is 0 Å². The number of halogens is 1. The SMILES string of the molecule is CCc1c(Cl)ncnc1NCC(N)=O. The summed E-state index contributed by atoms with van der Waals surface area (Å²) in [7, 11) is 0. The van der Waals surface area contributed by atoms with Crippen molar-refractivity contribution in [2.24, 2.45) is 5.73 Å². The highest BCUT2D eigenvalue weighted by Crippen LogP contribution is 2.19. The molecule has 0 bridgehead atoms. The van der Waals surface area contributed by atoms with Crippen LogP contribution in [0.2, 0.25) is 5.15 Å². The third-order valence-electron chi connectivity index (χ3n) is 1.68. The molecule has 1 rings (SSSR count). The van der Waals surface area contributed by atoms with Crippen molar-refractivity contribution in [1.29, 1.82) is 0 Å². The number of hydrogen-bond acceptors (Lipinski definition) is 4. The summed E-state index contributed by atoms with van der Waals surface area (Å²) in [5, 5.41) is 3.19. The summed E-state index contributed by atoms with van der Waals surface area (Å²) < 4.78 is 0. The summed E-state index contributed by atoms with van der Waals surface area (Å²) in [6.45, 7) is 1.97. The maximum atomic E-state index is 10.5. The Hall–Kier alpha value is -1.36. The van der Waals surface area contributed by atoms with Crippen LogP contribution >= 0.6 is 11.6 Å². The zero-order chi connectivity index (χ0) is 10.6. The van der Waals surface area contributed by atoms with E-state index in [2.05, 4.69) is 15.3 Å². The van der Waals surface area contributed by atoms with E-state index in [1.54, 1.807) is 0 Å². The maximum Gasteiger partial charge on any atom is 0.236 e. The fraction of sp³-hybridized carbons (Fsp3) is 0.375. The molecule has 0 aliphatic heterocycles. The van der Waals surface area contributed by atoms with Gasteiger partial charge in [0.2, 0.25) is 5.91 Å². The number of carbonyl (C=O) groups excluding carboxylic acids is 1. The average molecular weight is 215 g/mol. The van der Waals surface area contributed by atoms with Gasteiger partial charge in [-0.25, -0.2) is 9.97 Å². The quantitative estimate of drug-likeness (QED) is 0.719. The van der Waals surface area contributed by atoms with Gasteiger partial charge in [-0.3, -0.25) is 4.79 Å². The van der Waals surface area contributed by atoms with Crippen LogP contribution in [-0.2, 0) is 11.2 Å². The Labute approximate surface area is 86.7 Å². The van der Waals surface area contributed by atoms with Crippen LogP contribution in [0.25, 0.3) is 0 Å². The van der Waals surface area contributed by atoms with Crippen LogP contribution in [0.3, 0.4) is 0 Å². The number of amides is 1. The summed E-state index contributed by atoms with van der Waals surface area (Å²) in [6.07, 6.45) is 2.03. The second kappa shape index (κ2) is 4.76. The van der Waals surface area contributed by atoms with Crippen molar-refractivity contribution in [3.63, 3.8) is 0 Å². The number of nitrogens with one attached hydrogen (secondary N) is 1. The van der Waals surface area contributed by atoms with Crippen molar-refractivity contribution in [3.05, 3.63) is 17.0 Å². The zero-order valence-electron chi connectivity index (χ0n) is 7.75. The highest BCUT2D eigenvalue weighted by atomic mass is 35.5. The van der Waals surface area contributed by atoms with Crippen LogP contribution in [0, 0.1) is 0 Å². The standard InChI is InChI=1S/C8H11ClN4O/c1-2-5-7(9)12-4-13-8(5)11-3-6(10)14/h4H,2-3H2,1H3,(H2,10,14)(H,11,12,13). The smallest absolute Gasteiger partial charge is 0.236 e. The Morgan fingerprint density at radius 3 is 2.93 bits per heavy atom. The Morgan fingerprint density at radius 1 is 1.64 bits per heavy atom. The molecular weight excluding hydrogens is 204 g/mol. The van der Waals surface area contributed by atoms with Gasteiger partial charge in [-0.15, -0.1) is 0 Å². The van der Waals surface area contributed by atoms with E-state index in [0.29, 0.717) is 17.4 Å². The first-order valence-electron chi connectivity index (χ1n) is 4.16. The molecule has 0 atom stereocenters. The van der Waals surface area contributed by atoms with Gasteiger partial charge in [-0.1, -0.05) is 18.5 Å². The minimum atomic E-state index is -0.443. The lowest BCUT2D eigenvalue weighted by atomic mass is 10.2. The van der Waals surface area contributed by atoms with E-state index in [9.17, 15) is 4.79 Å². The fourth-order valence-corrected chi connectivity index (χ4v) is 1.29. The van der Waals surface area contributed by atoms with Gasteiger partial charge in [0.25, 0.3) is 0 Å². The number of nitrogens with zero attached hydrogens (tertiary/aromatic N) is 2. The van der Waals surface area contributed by atoms with Crippen LogP contribution in [0.4, 0.5) is 5.82 Å². The van der Waals surface area contributed by atoms with Crippen LogP contribution in [0.15, 0.2) is 6.33 Å². The molecule has 0 fully saturated rings. The largest absolute Gasteiger partial charge is 0.368 e. The third-order valence-corrected chi connectivity index (χ3v) is 2.00. The van der Waals surface area contributed by atoms with E-state index < -0.39 is 5.91 Å². The first kappa shape index (κ1) is 10.7. The summed E-state index contributed by atoms with van der Waals surface area (Å²) in [4.78, 5) is 18.3. The molecule has 0 aliphatic carbocycles. The van der Waals surface area contributed by atoms with Crippen molar-refractivity contribution in [3.8, 4) is 0 Å². The molecule has 0 saturated carbocycles. The number of rotatable bonds is 4. The molecule has 0 aromatic carbocycles. The Morgan fingerprint density at radius 2 is 2.36 bits per heavy atom. The molecule has 0 radical (unpaired) electrons. The predicted molar refractivity (Wildman–Crippen MR) is 54.1 cm³/mol. The van der Waals surface area contributed by atoms with Crippen LogP contribution in [-0.4, -0.2) is 22.4 Å². The number of anilines is 1. The number of primary amides is 1. The van der Waals surface area contributed by atoms with Crippen molar-refractivity contribution >= 4 is 23.3 Å². The minimum Gasteiger partial charge on any atom is -0.368 e. The molecular formula is C8H11ClN4O. The van der Waals surface area contributed by atoms with Gasteiger partial charge in [0.1, 0.15) is 17.3 Å². The first-order valence-corrected chi connectivity index (χ1v) is 4.54. The molecule has 1 aromatic heterocycles. The van der Waals surface area contributed by atoms with Gasteiger partial charge in [0.05, 0.1) is 6.54 Å². The van der Waals surface area contributed by atoms with Crippen molar-refractivity contribution in [1.82, 2.24) is 9.97 Å². The van der Waals surface area contributed by atoms with E-state index in [1.165, 1.54) is 6.33 Å². The second-order valence-electron chi connectivity index (χ2n) is 2.67. The van der Waals surface area contributed by atoms with E-state index in [0.717, 1.165) is 5.56 Å². The van der Waals surface area contributed by atoms with Crippen molar-refractivity contribution in [2.45, 2.75) is 13.3 Å². The minimum absolute atomic E-state index is 0.0420. The second-order valence-corrected chi connectivity index (χ2v) is 3.02. The van der Waals surface area contributed by atoms with Crippen molar-refractivity contribution in [2.75, 3.05) is 11.9 Å². The molecule has 1 heterocycles. The average Bonchev–Trinajstić information content (AvgIpc) is 2.14. The van der Waals surface area contributed by atoms with Crippen molar-refractivity contribution < 1.29 is 4.79 Å². The van der Waals surface area contributed by atoms with Gasteiger partial charge < -0.3 is 11.1 Å². The highest BCUT2D eigenvalue weighted by Gasteiger charge is 2.07. The molecule has 6 heteroatoms. The van der Waals surface area contributed by atoms with Crippen LogP contribution < -0.4 is 11.1 Å². The molecule has 1 amide bonds. The van der Waals surface area contributed by atoms with E-state index in [4.69, 9.17) is 17.3 Å². The van der Waals surface area contributed by atoms with Gasteiger partial charge in [-0.2, -0.15) is 0 Å². The van der Waals surface area contributed by atoms with E-state index >= 15 is 0 Å². The Kier molecular flexibility index (Phi) is 3.64. The summed E-state index contributed by atoms with van der Waals surface area (Å²) >= 11 is 5.84. The van der Waals surface area contributed by atoms with Crippen LogP contribution in [0.5, 0.6) is 0 Å². The van der Waals surface area contributed by atoms with Gasteiger partial charge in [0, 0.05) is 5.56 Å². The lowest BCUT2D eigenvalue weighted by molar-refractivity contribution is -0.116. The molecule has 5 nitrogen and oxygen atoms in total. The summed E-state index contributed by atoms with van der Waals surface area (Å²) in [5.41, 5.74) is 5.78. The normalized spacial score (nSPS) is 9.86. The lowest BCUT2D eigenvalue weighted by Gasteiger charge is -2.08. The molecule has 14 heavy (non-hydrogen) atoms. The molecule has 1 aromatic rings. The van der Waals surface area contributed by atoms with E-state index in [-0.39, 0.29) is 6.54 Å². The van der Waals surface area contributed by atoms with E-state index in [1.807, 2.05) is 6.92 Å². The summed E-state index contributed by atoms with van der Waals surface area (Å²) in [5.74, 6) is 0.119. The predicted octanol–water partition coefficient (Wildman–Crippen LogP) is 0.590. The number of hydrogen-bond donors (Lipinski definition) is 2. The topological polar surface area (TPSA) is 80.9 Å². The zero-order valence-corrected chi connectivity index (χ0v) is 8.51. The monoisotopic (exact) mass is 214 g/mol. The third kappa shape index (κ3) is 2.56. The van der Waals surface area contributed by atoms with Gasteiger partial charge in [-0.05, 0) is 6.42 Å². The fourth-order valence-electron chi connectivity index (χ4n) is 1.03. The Balaban J connectivity index is 2.85. The number of nitrogens with two attached hydrogens (primary N) is 1. The summed E-state index contributed by atoms with van der Waals surface area (Å²) in [6, 6.07) is 0. The number of aromatic nitrogens is 2. The highest BCUT2D eigenvalue weighted by molar-refractivity contribution is 6.30. The molecule has 0 spiro atoms. The first-order chi connectivity index (χ1) is 6.65. The molecule has 0 unspecified atom stereocenters.